The van der Waals surface area contributed by atoms with Crippen molar-refractivity contribution in [3.63, 3.8) is 0 Å². The predicted molar refractivity (Wildman–Crippen MR) is 72.9 cm³/mol. The number of carboxylic acids is 1. The van der Waals surface area contributed by atoms with Crippen molar-refractivity contribution in [3.8, 4) is 0 Å². The highest BCUT2D eigenvalue weighted by Gasteiger charge is 2.35. The molecular weight excluding hydrogens is 252 g/mol. The zero-order chi connectivity index (χ0) is 13.6. The largest absolute Gasteiger partial charge is 0.481 e. The van der Waals surface area contributed by atoms with Gasteiger partial charge in [-0.2, -0.15) is 11.8 Å². The Morgan fingerprint density at radius 3 is 2.50 bits per heavy atom. The van der Waals surface area contributed by atoms with Crippen molar-refractivity contribution in [3.05, 3.63) is 0 Å². The number of rotatable bonds is 6. The van der Waals surface area contributed by atoms with E-state index in [1.54, 1.807) is 0 Å². The van der Waals surface area contributed by atoms with Crippen LogP contribution in [-0.2, 0) is 4.79 Å². The van der Waals surface area contributed by atoms with Gasteiger partial charge in [0, 0.05) is 18.3 Å². The lowest BCUT2D eigenvalue weighted by atomic mass is 9.82. The number of hydrogen-bond acceptors (Lipinski definition) is 3. The third-order valence-electron chi connectivity index (χ3n) is 3.66. The second kappa shape index (κ2) is 6.87. The number of amides is 2. The average molecular weight is 274 g/mol. The van der Waals surface area contributed by atoms with Gasteiger partial charge in [-0.1, -0.05) is 13.8 Å². The normalized spacial score (nSPS) is 19.6. The molecule has 0 radical (unpaired) electrons. The van der Waals surface area contributed by atoms with Gasteiger partial charge in [-0.25, -0.2) is 4.79 Å². The van der Waals surface area contributed by atoms with Crippen molar-refractivity contribution in [2.24, 2.45) is 5.41 Å². The van der Waals surface area contributed by atoms with Gasteiger partial charge in [-0.3, -0.25) is 4.79 Å². The summed E-state index contributed by atoms with van der Waals surface area (Å²) in [6.07, 6.45) is 2.01. The minimum atomic E-state index is -0.845. The van der Waals surface area contributed by atoms with Crippen LogP contribution in [-0.4, -0.2) is 41.2 Å². The SMILES string of the molecule is CCC(CC)(CNC(=O)NC1CCSC1)C(=O)O. The Morgan fingerprint density at radius 2 is 2.06 bits per heavy atom. The van der Waals surface area contributed by atoms with Gasteiger partial charge in [0.25, 0.3) is 0 Å². The van der Waals surface area contributed by atoms with E-state index in [9.17, 15) is 14.7 Å². The Balaban J connectivity index is 2.41. The molecule has 0 aromatic heterocycles. The number of carbonyl (C=O) groups excluding carboxylic acids is 1. The summed E-state index contributed by atoms with van der Waals surface area (Å²) in [5, 5.41) is 14.8. The fourth-order valence-corrected chi connectivity index (χ4v) is 3.16. The number of urea groups is 1. The highest BCUT2D eigenvalue weighted by molar-refractivity contribution is 7.99. The average Bonchev–Trinajstić information content (AvgIpc) is 2.83. The molecule has 1 fully saturated rings. The Hall–Kier alpha value is -0.910. The molecule has 0 bridgehead atoms. The minimum absolute atomic E-state index is 0.182. The zero-order valence-electron chi connectivity index (χ0n) is 11.0. The van der Waals surface area contributed by atoms with Crippen molar-refractivity contribution in [2.75, 3.05) is 18.1 Å². The Labute approximate surface area is 112 Å². The molecule has 1 atom stereocenters. The van der Waals surface area contributed by atoms with Crippen molar-refractivity contribution in [1.82, 2.24) is 10.6 Å². The van der Waals surface area contributed by atoms with Crippen molar-refractivity contribution < 1.29 is 14.7 Å². The lowest BCUT2D eigenvalue weighted by Crippen LogP contribution is -2.48. The Kier molecular flexibility index (Phi) is 5.78. The topological polar surface area (TPSA) is 78.4 Å². The van der Waals surface area contributed by atoms with Gasteiger partial charge >= 0.3 is 12.0 Å². The first-order chi connectivity index (χ1) is 8.54. The fraction of sp³-hybridized carbons (Fsp3) is 0.833. The first-order valence-corrected chi connectivity index (χ1v) is 7.55. The van der Waals surface area contributed by atoms with Crippen LogP contribution in [0.3, 0.4) is 0 Å². The third kappa shape index (κ3) is 3.80. The van der Waals surface area contributed by atoms with Crippen LogP contribution in [0.25, 0.3) is 0 Å². The van der Waals surface area contributed by atoms with Crippen molar-refractivity contribution in [2.45, 2.75) is 39.2 Å². The maximum atomic E-state index is 11.7. The van der Waals surface area contributed by atoms with E-state index in [1.165, 1.54) is 0 Å². The zero-order valence-corrected chi connectivity index (χ0v) is 11.8. The molecule has 0 aromatic rings. The van der Waals surface area contributed by atoms with Crippen LogP contribution in [0, 0.1) is 5.41 Å². The lowest BCUT2D eigenvalue weighted by Gasteiger charge is -2.27. The molecule has 1 saturated heterocycles. The first kappa shape index (κ1) is 15.1. The molecule has 18 heavy (non-hydrogen) atoms. The molecule has 1 unspecified atom stereocenters. The maximum Gasteiger partial charge on any atom is 0.315 e. The number of carbonyl (C=O) groups is 2. The first-order valence-electron chi connectivity index (χ1n) is 6.39. The summed E-state index contributed by atoms with van der Waals surface area (Å²) in [5.74, 6) is 1.18. The molecule has 1 aliphatic heterocycles. The molecule has 0 aromatic carbocycles. The van der Waals surface area contributed by atoms with Crippen LogP contribution in [0.15, 0.2) is 0 Å². The summed E-state index contributed by atoms with van der Waals surface area (Å²) in [5.41, 5.74) is -0.845. The molecule has 2 amide bonds. The number of nitrogens with one attached hydrogen (secondary N) is 2. The number of thioether (sulfide) groups is 1. The smallest absolute Gasteiger partial charge is 0.315 e. The van der Waals surface area contributed by atoms with E-state index in [0.717, 1.165) is 17.9 Å². The van der Waals surface area contributed by atoms with Crippen molar-refractivity contribution >= 4 is 23.8 Å². The van der Waals surface area contributed by atoms with Crippen LogP contribution in [0.1, 0.15) is 33.1 Å². The van der Waals surface area contributed by atoms with Gasteiger partial charge in [-0.15, -0.1) is 0 Å². The van der Waals surface area contributed by atoms with E-state index in [4.69, 9.17) is 0 Å². The maximum absolute atomic E-state index is 11.7. The van der Waals surface area contributed by atoms with E-state index in [2.05, 4.69) is 10.6 Å². The standard InChI is InChI=1S/C12H22N2O3S/c1-3-12(4-2,10(15)16)8-13-11(17)14-9-5-6-18-7-9/h9H,3-8H2,1-2H3,(H,15,16)(H2,13,14,17). The second-order valence-corrected chi connectivity index (χ2v) is 5.83. The molecule has 1 heterocycles. The van der Waals surface area contributed by atoms with Gasteiger partial charge < -0.3 is 15.7 Å². The summed E-state index contributed by atoms with van der Waals surface area (Å²) < 4.78 is 0. The van der Waals surface area contributed by atoms with Crippen LogP contribution >= 0.6 is 11.8 Å². The minimum Gasteiger partial charge on any atom is -0.481 e. The highest BCUT2D eigenvalue weighted by atomic mass is 32.2. The van der Waals surface area contributed by atoms with Crippen LogP contribution < -0.4 is 10.6 Å². The van der Waals surface area contributed by atoms with Gasteiger partial charge in [0.2, 0.25) is 0 Å². The molecular formula is C12H22N2O3S. The van der Waals surface area contributed by atoms with Crippen LogP contribution in [0.2, 0.25) is 0 Å². The summed E-state index contributed by atoms with van der Waals surface area (Å²) in [6, 6.07) is -0.0347. The van der Waals surface area contributed by atoms with E-state index in [-0.39, 0.29) is 18.6 Å². The highest BCUT2D eigenvalue weighted by Crippen LogP contribution is 2.25. The monoisotopic (exact) mass is 274 g/mol. The molecule has 104 valence electrons. The van der Waals surface area contributed by atoms with Crippen molar-refractivity contribution in [1.29, 1.82) is 0 Å². The van der Waals surface area contributed by atoms with E-state index >= 15 is 0 Å². The molecule has 0 spiro atoms. The quantitative estimate of drug-likeness (QED) is 0.688. The number of carboxylic acid groups (broad SMARTS) is 1. The lowest BCUT2D eigenvalue weighted by molar-refractivity contribution is -0.149. The summed E-state index contributed by atoms with van der Waals surface area (Å²) in [4.78, 5) is 22.9. The van der Waals surface area contributed by atoms with E-state index in [0.29, 0.717) is 12.8 Å². The van der Waals surface area contributed by atoms with Gasteiger partial charge in [0.1, 0.15) is 0 Å². The van der Waals surface area contributed by atoms with Crippen LogP contribution in [0.4, 0.5) is 4.79 Å². The van der Waals surface area contributed by atoms with E-state index < -0.39 is 11.4 Å². The number of hydrogen-bond donors (Lipinski definition) is 3. The van der Waals surface area contributed by atoms with Gasteiger partial charge in [0.05, 0.1) is 5.41 Å². The Bertz CT molecular complexity index is 300. The Morgan fingerprint density at radius 1 is 1.39 bits per heavy atom. The molecule has 3 N–H and O–H groups in total. The molecule has 0 aliphatic carbocycles. The van der Waals surface area contributed by atoms with E-state index in [1.807, 2.05) is 25.6 Å². The number of aliphatic carboxylic acids is 1. The summed E-state index contributed by atoms with van der Waals surface area (Å²) >= 11 is 1.83. The predicted octanol–water partition coefficient (Wildman–Crippen LogP) is 1.68. The van der Waals surface area contributed by atoms with Gasteiger partial charge in [0.15, 0.2) is 0 Å². The summed E-state index contributed by atoms with van der Waals surface area (Å²) in [7, 11) is 0. The summed E-state index contributed by atoms with van der Waals surface area (Å²) in [6.45, 7) is 3.86. The second-order valence-electron chi connectivity index (χ2n) is 4.68. The molecule has 1 aliphatic rings. The molecule has 5 nitrogen and oxygen atoms in total. The van der Waals surface area contributed by atoms with Crippen LogP contribution in [0.5, 0.6) is 0 Å². The molecule has 6 heteroatoms. The van der Waals surface area contributed by atoms with Gasteiger partial charge in [-0.05, 0) is 25.0 Å². The third-order valence-corrected chi connectivity index (χ3v) is 4.82. The molecule has 1 rings (SSSR count). The molecule has 0 saturated carbocycles. The fourth-order valence-electron chi connectivity index (χ4n) is 2.01.